The molecular weight excluding hydrogens is 296 g/mol. The second kappa shape index (κ2) is 6.49. The summed E-state index contributed by atoms with van der Waals surface area (Å²) in [6, 6.07) is 0.833. The fourth-order valence-electron chi connectivity index (χ4n) is 2.62. The number of carbonyl (C=O) groups is 2. The van der Waals surface area contributed by atoms with Crippen molar-refractivity contribution in [1.29, 1.82) is 0 Å². The predicted molar refractivity (Wildman–Crippen MR) is 77.2 cm³/mol. The molecule has 7 heteroatoms. The largest absolute Gasteiger partial charge is 0.467 e. The summed E-state index contributed by atoms with van der Waals surface area (Å²) >= 11 is 5.97. The van der Waals surface area contributed by atoms with Gasteiger partial charge in [0.15, 0.2) is 0 Å². The van der Waals surface area contributed by atoms with Crippen molar-refractivity contribution in [3.63, 3.8) is 0 Å². The summed E-state index contributed by atoms with van der Waals surface area (Å²) in [5, 5.41) is 10.2. The number of methoxy groups -OCH3 is 1. The third-order valence-electron chi connectivity index (χ3n) is 3.56. The number of nitrogens with zero attached hydrogens (tertiary/aromatic N) is 2. The molecule has 2 rings (SSSR count). The Morgan fingerprint density at radius 1 is 1.52 bits per heavy atom. The first-order valence-corrected chi connectivity index (χ1v) is 7.28. The van der Waals surface area contributed by atoms with Crippen LogP contribution in [0.25, 0.3) is 0 Å². The van der Waals surface area contributed by atoms with E-state index in [1.54, 1.807) is 16.8 Å². The van der Waals surface area contributed by atoms with E-state index in [1.165, 1.54) is 12.0 Å². The number of β-amino-alcohol motifs (C(OH)–C–C–N with tert-alkyl or cyclic N) is 1. The number of halogens is 1. The Bertz CT molecular complexity index is 543. The van der Waals surface area contributed by atoms with E-state index in [-0.39, 0.29) is 18.9 Å². The SMILES string of the molecule is CCCn1cc(Cl)cc1C(=O)N1CC(O)CC1C(=O)OC. The number of hydrogen-bond acceptors (Lipinski definition) is 4. The number of ether oxygens (including phenoxy) is 1. The van der Waals surface area contributed by atoms with Gasteiger partial charge in [0.05, 0.1) is 18.2 Å². The summed E-state index contributed by atoms with van der Waals surface area (Å²) in [5.41, 5.74) is 0.421. The van der Waals surface area contributed by atoms with E-state index < -0.39 is 18.1 Å². The average Bonchev–Trinajstić information content (AvgIpc) is 3.01. The third-order valence-corrected chi connectivity index (χ3v) is 3.77. The Balaban J connectivity index is 2.27. The lowest BCUT2D eigenvalue weighted by atomic mass is 10.2. The number of hydrogen-bond donors (Lipinski definition) is 1. The van der Waals surface area contributed by atoms with E-state index in [2.05, 4.69) is 0 Å². The van der Waals surface area contributed by atoms with Crippen molar-refractivity contribution >= 4 is 23.5 Å². The minimum absolute atomic E-state index is 0.119. The monoisotopic (exact) mass is 314 g/mol. The molecule has 1 aliphatic rings. The number of aliphatic hydroxyl groups excluding tert-OH is 1. The molecule has 0 bridgehead atoms. The van der Waals surface area contributed by atoms with Gasteiger partial charge in [-0.05, 0) is 12.5 Å². The van der Waals surface area contributed by atoms with Crippen LogP contribution in [0.1, 0.15) is 30.3 Å². The molecule has 1 aromatic rings. The van der Waals surface area contributed by atoms with Crippen LogP contribution in [0.5, 0.6) is 0 Å². The lowest BCUT2D eigenvalue weighted by Crippen LogP contribution is -2.42. The maximum Gasteiger partial charge on any atom is 0.328 e. The zero-order valence-electron chi connectivity index (χ0n) is 12.1. The second-order valence-electron chi connectivity index (χ2n) is 5.12. The number of aryl methyl sites for hydroxylation is 1. The van der Waals surface area contributed by atoms with E-state index in [4.69, 9.17) is 16.3 Å². The Kier molecular flexibility index (Phi) is 4.90. The maximum absolute atomic E-state index is 12.7. The molecule has 0 spiro atoms. The molecule has 116 valence electrons. The van der Waals surface area contributed by atoms with Crippen molar-refractivity contribution in [2.75, 3.05) is 13.7 Å². The average molecular weight is 315 g/mol. The Labute approximate surface area is 128 Å². The molecule has 2 unspecified atom stereocenters. The van der Waals surface area contributed by atoms with Gasteiger partial charge in [0.1, 0.15) is 11.7 Å². The predicted octanol–water partition coefficient (Wildman–Crippen LogP) is 1.30. The van der Waals surface area contributed by atoms with Crippen LogP contribution in [0.4, 0.5) is 0 Å². The highest BCUT2D eigenvalue weighted by Crippen LogP contribution is 2.24. The van der Waals surface area contributed by atoms with Gasteiger partial charge in [0, 0.05) is 25.7 Å². The first-order valence-electron chi connectivity index (χ1n) is 6.90. The molecule has 2 heterocycles. The molecule has 0 saturated carbocycles. The lowest BCUT2D eigenvalue weighted by Gasteiger charge is -2.23. The van der Waals surface area contributed by atoms with Crippen LogP contribution in [0.2, 0.25) is 5.02 Å². The van der Waals surface area contributed by atoms with Crippen molar-refractivity contribution in [3.8, 4) is 0 Å². The smallest absolute Gasteiger partial charge is 0.328 e. The van der Waals surface area contributed by atoms with Crippen molar-refractivity contribution in [2.24, 2.45) is 0 Å². The molecule has 1 fully saturated rings. The van der Waals surface area contributed by atoms with Gasteiger partial charge in [-0.2, -0.15) is 0 Å². The number of amides is 1. The molecular formula is C14H19ClN2O4. The number of esters is 1. The van der Waals surface area contributed by atoms with Crippen molar-refractivity contribution in [2.45, 2.75) is 38.5 Å². The molecule has 0 radical (unpaired) electrons. The van der Waals surface area contributed by atoms with Gasteiger partial charge in [-0.1, -0.05) is 18.5 Å². The van der Waals surface area contributed by atoms with Crippen LogP contribution in [0.3, 0.4) is 0 Å². The molecule has 0 aliphatic carbocycles. The first kappa shape index (κ1) is 15.9. The van der Waals surface area contributed by atoms with Gasteiger partial charge in [0.2, 0.25) is 0 Å². The van der Waals surface area contributed by atoms with E-state index in [9.17, 15) is 14.7 Å². The van der Waals surface area contributed by atoms with Gasteiger partial charge in [-0.3, -0.25) is 4.79 Å². The molecule has 2 atom stereocenters. The van der Waals surface area contributed by atoms with Crippen LogP contribution in [-0.4, -0.2) is 52.3 Å². The topological polar surface area (TPSA) is 71.8 Å². The number of aromatic nitrogens is 1. The first-order chi connectivity index (χ1) is 9.97. The van der Waals surface area contributed by atoms with Gasteiger partial charge in [-0.25, -0.2) is 4.79 Å². The zero-order valence-corrected chi connectivity index (χ0v) is 12.8. The van der Waals surface area contributed by atoms with Gasteiger partial charge < -0.3 is 19.3 Å². The van der Waals surface area contributed by atoms with Crippen LogP contribution in [0.15, 0.2) is 12.3 Å². The lowest BCUT2D eigenvalue weighted by molar-refractivity contribution is -0.145. The molecule has 6 nitrogen and oxygen atoms in total. The fraction of sp³-hybridized carbons (Fsp3) is 0.571. The molecule has 1 saturated heterocycles. The number of aliphatic hydroxyl groups is 1. The highest BCUT2D eigenvalue weighted by molar-refractivity contribution is 6.31. The minimum Gasteiger partial charge on any atom is -0.467 e. The van der Waals surface area contributed by atoms with Crippen LogP contribution >= 0.6 is 11.6 Å². The molecule has 1 amide bonds. The number of likely N-dealkylation sites (tertiary alicyclic amines) is 1. The van der Waals surface area contributed by atoms with Crippen molar-refractivity contribution < 1.29 is 19.4 Å². The summed E-state index contributed by atoms with van der Waals surface area (Å²) in [7, 11) is 1.27. The summed E-state index contributed by atoms with van der Waals surface area (Å²) in [5.74, 6) is -0.832. The maximum atomic E-state index is 12.7. The highest BCUT2D eigenvalue weighted by Gasteiger charge is 2.40. The van der Waals surface area contributed by atoms with Crippen LogP contribution < -0.4 is 0 Å². The van der Waals surface area contributed by atoms with Gasteiger partial charge in [-0.15, -0.1) is 0 Å². The normalized spacial score (nSPS) is 21.6. The summed E-state index contributed by atoms with van der Waals surface area (Å²) < 4.78 is 6.47. The molecule has 1 aromatic heterocycles. The van der Waals surface area contributed by atoms with Crippen molar-refractivity contribution in [1.82, 2.24) is 9.47 Å². The minimum atomic E-state index is -0.749. The standard InChI is InChI=1S/C14H19ClN2O4/c1-3-4-16-7-9(15)5-11(16)13(19)17-8-10(18)6-12(17)14(20)21-2/h5,7,10,12,18H,3-4,6,8H2,1-2H3. The van der Waals surface area contributed by atoms with Gasteiger partial charge >= 0.3 is 5.97 Å². The molecule has 0 aromatic carbocycles. The Morgan fingerprint density at radius 3 is 2.86 bits per heavy atom. The van der Waals surface area contributed by atoms with E-state index in [1.807, 2.05) is 6.92 Å². The number of rotatable bonds is 4. The van der Waals surface area contributed by atoms with E-state index in [0.29, 0.717) is 17.3 Å². The van der Waals surface area contributed by atoms with Crippen LogP contribution in [-0.2, 0) is 16.1 Å². The third kappa shape index (κ3) is 3.22. The summed E-state index contributed by atoms with van der Waals surface area (Å²) in [4.78, 5) is 25.8. The molecule has 1 aliphatic heterocycles. The quantitative estimate of drug-likeness (QED) is 0.850. The molecule has 1 N–H and O–H groups in total. The van der Waals surface area contributed by atoms with Crippen LogP contribution in [0, 0.1) is 0 Å². The van der Waals surface area contributed by atoms with E-state index in [0.717, 1.165) is 6.42 Å². The zero-order chi connectivity index (χ0) is 15.6. The Hall–Kier alpha value is -1.53. The number of carbonyl (C=O) groups excluding carboxylic acids is 2. The van der Waals surface area contributed by atoms with Gasteiger partial charge in [0.25, 0.3) is 5.91 Å². The van der Waals surface area contributed by atoms with E-state index >= 15 is 0 Å². The fourth-order valence-corrected chi connectivity index (χ4v) is 2.85. The summed E-state index contributed by atoms with van der Waals surface area (Å²) in [6.45, 7) is 2.78. The highest BCUT2D eigenvalue weighted by atomic mass is 35.5. The summed E-state index contributed by atoms with van der Waals surface area (Å²) in [6.07, 6.45) is 2.02. The van der Waals surface area contributed by atoms with Crippen molar-refractivity contribution in [3.05, 3.63) is 23.0 Å². The molecule has 21 heavy (non-hydrogen) atoms. The second-order valence-corrected chi connectivity index (χ2v) is 5.56. The Morgan fingerprint density at radius 2 is 2.24 bits per heavy atom.